The van der Waals surface area contributed by atoms with Crippen LogP contribution in [0.3, 0.4) is 0 Å². The lowest BCUT2D eigenvalue weighted by Gasteiger charge is -2.37. The van der Waals surface area contributed by atoms with Crippen molar-refractivity contribution in [2.45, 2.75) is 37.2 Å². The van der Waals surface area contributed by atoms with Crippen molar-refractivity contribution in [2.75, 3.05) is 33.3 Å². The van der Waals surface area contributed by atoms with Gasteiger partial charge in [0.25, 0.3) is 0 Å². The van der Waals surface area contributed by atoms with Gasteiger partial charge in [-0.1, -0.05) is 36.6 Å². The minimum absolute atomic E-state index is 0. The number of nitrogens with one attached hydrogen (secondary N) is 1. The third kappa shape index (κ3) is 5.11. The first kappa shape index (κ1) is 23.3. The number of aliphatic imine (C=N–C) groups is 1. The van der Waals surface area contributed by atoms with E-state index in [0.29, 0.717) is 6.61 Å². The molecule has 0 spiro atoms. The van der Waals surface area contributed by atoms with Gasteiger partial charge in [-0.25, -0.2) is 0 Å². The van der Waals surface area contributed by atoms with Gasteiger partial charge in [-0.3, -0.25) is 9.67 Å². The molecule has 6 nitrogen and oxygen atoms in total. The average molecular weight is 544 g/mol. The summed E-state index contributed by atoms with van der Waals surface area (Å²) < 4.78 is 7.81. The topological polar surface area (TPSA) is 54.7 Å². The Balaban J connectivity index is 0.00000256. The molecule has 1 atom stereocenters. The molecule has 2 aliphatic rings. The van der Waals surface area contributed by atoms with Gasteiger partial charge in [0.2, 0.25) is 0 Å². The molecule has 1 N–H and O–H groups in total. The van der Waals surface area contributed by atoms with Crippen LogP contribution in [0.1, 0.15) is 42.9 Å². The molecule has 0 amide bonds. The smallest absolute Gasteiger partial charge is 0.193 e. The molecule has 1 aliphatic heterocycles. The second kappa shape index (κ2) is 10.3. The first-order valence-corrected chi connectivity index (χ1v) is 10.8. The van der Waals surface area contributed by atoms with E-state index in [1.807, 2.05) is 37.2 Å². The zero-order chi connectivity index (χ0) is 20.3. The van der Waals surface area contributed by atoms with E-state index in [4.69, 9.17) is 16.3 Å². The van der Waals surface area contributed by atoms with Crippen LogP contribution >= 0.6 is 35.6 Å². The van der Waals surface area contributed by atoms with Crippen molar-refractivity contribution in [3.63, 3.8) is 0 Å². The van der Waals surface area contributed by atoms with Crippen LogP contribution in [0, 0.1) is 0 Å². The molecule has 1 aliphatic carbocycles. The molecule has 0 bridgehead atoms. The maximum atomic E-state index is 6.30. The quantitative estimate of drug-likeness (QED) is 0.358. The van der Waals surface area contributed by atoms with Crippen molar-refractivity contribution in [3.05, 3.63) is 52.8 Å². The Bertz CT molecular complexity index is 865. The molecule has 2 aromatic rings. The van der Waals surface area contributed by atoms with E-state index in [9.17, 15) is 0 Å². The van der Waals surface area contributed by atoms with E-state index in [0.717, 1.165) is 36.2 Å². The first-order valence-electron chi connectivity index (χ1n) is 10.4. The minimum Gasteiger partial charge on any atom is -0.370 e. The number of nitrogens with zero attached hydrogens (tertiary/aromatic N) is 4. The lowest BCUT2D eigenvalue weighted by molar-refractivity contribution is -0.00811. The number of guanidine groups is 1. The molecule has 0 radical (unpaired) electrons. The molecule has 4 rings (SSSR count). The second-order valence-electron chi connectivity index (χ2n) is 8.15. The molecule has 1 unspecified atom stereocenters. The summed E-state index contributed by atoms with van der Waals surface area (Å²) in [5.74, 6) is 0.940. The maximum Gasteiger partial charge on any atom is 0.193 e. The average Bonchev–Trinajstić information content (AvgIpc) is 3.39. The fraction of sp³-hybridized carbons (Fsp3) is 0.545. The Morgan fingerprint density at radius 1 is 1.37 bits per heavy atom. The monoisotopic (exact) mass is 543 g/mol. The van der Waals surface area contributed by atoms with Gasteiger partial charge >= 0.3 is 0 Å². The normalized spacial score (nSPS) is 21.4. The van der Waals surface area contributed by atoms with E-state index >= 15 is 0 Å². The summed E-state index contributed by atoms with van der Waals surface area (Å²) >= 11 is 6.30. The molecule has 2 fully saturated rings. The van der Waals surface area contributed by atoms with Crippen LogP contribution in [0.4, 0.5) is 0 Å². The number of halogens is 2. The molecule has 1 saturated carbocycles. The first-order chi connectivity index (χ1) is 14.1. The standard InChI is InChI=1S/C22H30ClN5O.HI/c1-24-21(28-10-11-29-20(15-28)17-13-26-27(2)14-17)25-16-22(8-3-4-9-22)18-6-5-7-19(23)12-18;/h5-7,12-14,20H,3-4,8-11,15-16H2,1-2H3,(H,24,25);1H. The molecule has 1 aromatic heterocycles. The number of ether oxygens (including phenoxy) is 1. The van der Waals surface area contributed by atoms with Crippen molar-refractivity contribution in [1.82, 2.24) is 20.0 Å². The van der Waals surface area contributed by atoms with Crippen LogP contribution in [0.2, 0.25) is 5.02 Å². The summed E-state index contributed by atoms with van der Waals surface area (Å²) in [5, 5.41) is 8.77. The SMILES string of the molecule is CN=C(NCC1(c2cccc(Cl)c2)CCCC1)N1CCOC(c2cnn(C)c2)C1.I. The summed E-state index contributed by atoms with van der Waals surface area (Å²) in [6.07, 6.45) is 8.80. The predicted molar refractivity (Wildman–Crippen MR) is 132 cm³/mol. The Morgan fingerprint density at radius 3 is 2.83 bits per heavy atom. The second-order valence-corrected chi connectivity index (χ2v) is 8.59. The van der Waals surface area contributed by atoms with Crippen molar-refractivity contribution < 1.29 is 4.74 Å². The van der Waals surface area contributed by atoms with E-state index in [-0.39, 0.29) is 35.5 Å². The van der Waals surface area contributed by atoms with Crippen molar-refractivity contribution >= 4 is 41.5 Å². The molecule has 164 valence electrons. The van der Waals surface area contributed by atoms with Crippen LogP contribution < -0.4 is 5.32 Å². The van der Waals surface area contributed by atoms with E-state index in [1.165, 1.54) is 31.2 Å². The highest BCUT2D eigenvalue weighted by atomic mass is 127. The number of benzene rings is 1. The molecular formula is C22H31ClIN5O. The largest absolute Gasteiger partial charge is 0.370 e. The highest BCUT2D eigenvalue weighted by molar-refractivity contribution is 14.0. The summed E-state index contributed by atoms with van der Waals surface area (Å²) in [4.78, 5) is 6.87. The highest BCUT2D eigenvalue weighted by Crippen LogP contribution is 2.41. The number of hydrogen-bond acceptors (Lipinski definition) is 3. The summed E-state index contributed by atoms with van der Waals surface area (Å²) in [5.41, 5.74) is 2.56. The van der Waals surface area contributed by atoms with Crippen LogP contribution in [-0.2, 0) is 17.2 Å². The predicted octanol–water partition coefficient (Wildman–Crippen LogP) is 4.15. The zero-order valence-corrected chi connectivity index (χ0v) is 20.8. The minimum atomic E-state index is 0. The van der Waals surface area contributed by atoms with Crippen LogP contribution in [0.15, 0.2) is 41.7 Å². The highest BCUT2D eigenvalue weighted by Gasteiger charge is 2.36. The van der Waals surface area contributed by atoms with Crippen LogP contribution in [-0.4, -0.2) is 53.9 Å². The fourth-order valence-electron chi connectivity index (χ4n) is 4.67. The molecule has 1 saturated heterocycles. The lowest BCUT2D eigenvalue weighted by Crippen LogP contribution is -2.51. The van der Waals surface area contributed by atoms with Crippen molar-refractivity contribution in [3.8, 4) is 0 Å². The van der Waals surface area contributed by atoms with Crippen LogP contribution in [0.5, 0.6) is 0 Å². The van der Waals surface area contributed by atoms with Gasteiger partial charge in [0.15, 0.2) is 5.96 Å². The maximum absolute atomic E-state index is 6.30. The van der Waals surface area contributed by atoms with Gasteiger partial charge in [0, 0.05) is 49.4 Å². The molecular weight excluding hydrogens is 513 g/mol. The Kier molecular flexibility index (Phi) is 8.04. The molecule has 30 heavy (non-hydrogen) atoms. The summed E-state index contributed by atoms with van der Waals surface area (Å²) in [6.45, 7) is 3.16. The number of aryl methyl sites for hydroxylation is 1. The number of rotatable bonds is 4. The van der Waals surface area contributed by atoms with Gasteiger partial charge in [0.1, 0.15) is 6.10 Å². The van der Waals surface area contributed by atoms with E-state index in [2.05, 4.69) is 38.5 Å². The van der Waals surface area contributed by atoms with Crippen molar-refractivity contribution in [2.24, 2.45) is 12.0 Å². The van der Waals surface area contributed by atoms with Gasteiger partial charge in [0.05, 0.1) is 19.3 Å². The number of aromatic nitrogens is 2. The van der Waals surface area contributed by atoms with E-state index in [1.54, 1.807) is 0 Å². The number of hydrogen-bond donors (Lipinski definition) is 1. The summed E-state index contributed by atoms with van der Waals surface area (Å²) in [6, 6.07) is 8.36. The van der Waals surface area contributed by atoms with Gasteiger partial charge in [-0.15, -0.1) is 24.0 Å². The Labute approximate surface area is 201 Å². The summed E-state index contributed by atoms with van der Waals surface area (Å²) in [7, 11) is 3.79. The fourth-order valence-corrected chi connectivity index (χ4v) is 4.86. The van der Waals surface area contributed by atoms with Gasteiger partial charge < -0.3 is 15.0 Å². The van der Waals surface area contributed by atoms with Gasteiger partial charge in [-0.05, 0) is 30.5 Å². The molecule has 2 heterocycles. The number of morpholine rings is 1. The molecule has 8 heteroatoms. The lowest BCUT2D eigenvalue weighted by atomic mass is 9.79. The van der Waals surface area contributed by atoms with Gasteiger partial charge in [-0.2, -0.15) is 5.10 Å². The Hall–Kier alpha value is -1.32. The zero-order valence-electron chi connectivity index (χ0n) is 17.7. The third-order valence-electron chi connectivity index (χ3n) is 6.26. The Morgan fingerprint density at radius 2 is 2.17 bits per heavy atom. The third-order valence-corrected chi connectivity index (χ3v) is 6.49. The molecule has 1 aromatic carbocycles. The van der Waals surface area contributed by atoms with Crippen molar-refractivity contribution in [1.29, 1.82) is 0 Å². The van der Waals surface area contributed by atoms with Crippen LogP contribution in [0.25, 0.3) is 0 Å². The van der Waals surface area contributed by atoms with E-state index < -0.39 is 0 Å².